The number of hydrogen-bond donors (Lipinski definition) is 3. The molecule has 0 saturated heterocycles. The Morgan fingerprint density at radius 3 is 2.71 bits per heavy atom. The average molecular weight is 422 g/mol. The van der Waals surface area contributed by atoms with Crippen LogP contribution in [0, 0.1) is 11.8 Å². The van der Waals surface area contributed by atoms with Crippen molar-refractivity contribution in [2.45, 2.75) is 44.6 Å². The Kier molecular flexibility index (Phi) is 6.82. The lowest BCUT2D eigenvalue weighted by Gasteiger charge is -2.28. The third-order valence-corrected chi connectivity index (χ3v) is 6.37. The van der Waals surface area contributed by atoms with Crippen LogP contribution in [0.2, 0.25) is 0 Å². The predicted molar refractivity (Wildman–Crippen MR) is 121 cm³/mol. The lowest BCUT2D eigenvalue weighted by Crippen LogP contribution is -2.49. The van der Waals surface area contributed by atoms with E-state index in [4.69, 9.17) is 10.8 Å². The van der Waals surface area contributed by atoms with Gasteiger partial charge in [-0.05, 0) is 56.2 Å². The van der Waals surface area contributed by atoms with Crippen LogP contribution in [0.15, 0.2) is 59.4 Å². The fourth-order valence-corrected chi connectivity index (χ4v) is 4.48. The van der Waals surface area contributed by atoms with E-state index < -0.39 is 0 Å². The first-order chi connectivity index (χ1) is 15.1. The number of nitrogens with zero attached hydrogens (tertiary/aromatic N) is 2. The summed E-state index contributed by atoms with van der Waals surface area (Å²) in [6.07, 6.45) is 10.2. The highest BCUT2D eigenvalue weighted by molar-refractivity contribution is 6.00. The molecule has 1 amide bonds. The second kappa shape index (κ2) is 9.92. The monoisotopic (exact) mass is 421 g/mol. The van der Waals surface area contributed by atoms with Crippen LogP contribution in [0.5, 0.6) is 0 Å². The molecule has 4 N–H and O–H groups in total. The molecule has 0 unspecified atom stereocenters. The molecule has 0 bridgehead atoms. The number of allylic oxidation sites excluding steroid dienone is 3. The van der Waals surface area contributed by atoms with Gasteiger partial charge in [-0.1, -0.05) is 36.4 Å². The van der Waals surface area contributed by atoms with E-state index in [1.54, 1.807) is 12.2 Å². The molecule has 7 heteroatoms. The molecule has 4 rings (SSSR count). The molecule has 1 aliphatic heterocycles. The van der Waals surface area contributed by atoms with Crippen LogP contribution in [0.25, 0.3) is 0 Å². The van der Waals surface area contributed by atoms with Gasteiger partial charge in [-0.15, -0.1) is 0 Å². The Labute approximate surface area is 183 Å². The number of ketones is 1. The fraction of sp³-hybridized carbons (Fsp3) is 0.458. The molecule has 1 atom stereocenters. The Morgan fingerprint density at radius 2 is 2.00 bits per heavy atom. The standard InChI is InChI=1S/C24H31N5O2/c25-15-18-9-11-19(12-10-18)24(31)27-22(13-17-5-2-1-3-6-17)23-26-16-29(28-23)20-7-4-8-21(30)14-20/h1-6,8,14,18-19,22H,7,9-13,15-16,25H2,(H,26,28)(H,27,31)/t18-,19-,22-/m0/s1. The summed E-state index contributed by atoms with van der Waals surface area (Å²) in [4.78, 5) is 24.8. The maximum absolute atomic E-state index is 13.1. The molecule has 1 saturated carbocycles. The maximum atomic E-state index is 13.1. The molecule has 1 heterocycles. The molecular formula is C24H31N5O2. The van der Waals surface area contributed by atoms with Crippen LogP contribution >= 0.6 is 0 Å². The normalized spacial score (nSPS) is 24.3. The number of carbonyl (C=O) groups excluding carboxylic acids is 2. The average Bonchev–Trinajstić information content (AvgIpc) is 3.30. The van der Waals surface area contributed by atoms with Gasteiger partial charge in [0, 0.05) is 24.1 Å². The Bertz CT molecular complexity index is 884. The quantitative estimate of drug-likeness (QED) is 0.626. The highest BCUT2D eigenvalue weighted by Crippen LogP contribution is 2.28. The lowest BCUT2D eigenvalue weighted by atomic mass is 9.81. The molecule has 0 radical (unpaired) electrons. The number of benzene rings is 1. The smallest absolute Gasteiger partial charge is 0.223 e. The number of amides is 1. The minimum Gasteiger partial charge on any atom is -0.351 e. The van der Waals surface area contributed by atoms with Crippen molar-refractivity contribution in [1.29, 1.82) is 0 Å². The molecule has 31 heavy (non-hydrogen) atoms. The number of rotatable bonds is 7. The van der Waals surface area contributed by atoms with E-state index in [0.717, 1.165) is 42.8 Å². The lowest BCUT2D eigenvalue weighted by molar-refractivity contribution is -0.126. The van der Waals surface area contributed by atoms with Crippen LogP contribution in [0.4, 0.5) is 0 Å². The summed E-state index contributed by atoms with van der Waals surface area (Å²) in [6.45, 7) is 1.19. The van der Waals surface area contributed by atoms with Crippen molar-refractivity contribution in [3.05, 3.63) is 59.8 Å². The van der Waals surface area contributed by atoms with Crippen molar-refractivity contribution in [3.63, 3.8) is 0 Å². The summed E-state index contributed by atoms with van der Waals surface area (Å²) in [6, 6.07) is 9.87. The van der Waals surface area contributed by atoms with Crippen molar-refractivity contribution in [2.24, 2.45) is 22.7 Å². The molecule has 1 aromatic rings. The van der Waals surface area contributed by atoms with E-state index in [0.29, 0.717) is 32.0 Å². The molecule has 2 aliphatic carbocycles. The fourth-order valence-electron chi connectivity index (χ4n) is 4.48. The van der Waals surface area contributed by atoms with Gasteiger partial charge in [-0.3, -0.25) is 9.59 Å². The van der Waals surface area contributed by atoms with E-state index in [1.807, 2.05) is 29.3 Å². The largest absolute Gasteiger partial charge is 0.351 e. The Balaban J connectivity index is 1.47. The van der Waals surface area contributed by atoms with Gasteiger partial charge in [0.2, 0.25) is 5.91 Å². The van der Waals surface area contributed by atoms with Gasteiger partial charge >= 0.3 is 0 Å². The minimum absolute atomic E-state index is 0.0212. The summed E-state index contributed by atoms with van der Waals surface area (Å²) in [5.74, 6) is 1.37. The number of hydrogen-bond acceptors (Lipinski definition) is 6. The Hall–Kier alpha value is -2.93. The third kappa shape index (κ3) is 5.41. The van der Waals surface area contributed by atoms with Crippen molar-refractivity contribution < 1.29 is 9.59 Å². The number of carbonyl (C=O) groups is 2. The van der Waals surface area contributed by atoms with Gasteiger partial charge in [-0.2, -0.15) is 5.10 Å². The van der Waals surface area contributed by atoms with Crippen LogP contribution < -0.4 is 16.4 Å². The number of nitrogens with one attached hydrogen (secondary N) is 2. The zero-order chi connectivity index (χ0) is 21.6. The van der Waals surface area contributed by atoms with Gasteiger partial charge in [0.25, 0.3) is 0 Å². The second-order valence-corrected chi connectivity index (χ2v) is 8.57. The van der Waals surface area contributed by atoms with Crippen LogP contribution in [-0.4, -0.2) is 41.8 Å². The molecular weight excluding hydrogens is 390 g/mol. The van der Waals surface area contributed by atoms with E-state index in [9.17, 15) is 9.59 Å². The van der Waals surface area contributed by atoms with E-state index in [2.05, 4.69) is 22.8 Å². The summed E-state index contributed by atoms with van der Waals surface area (Å²) < 4.78 is 0. The molecule has 3 aliphatic rings. The molecule has 0 spiro atoms. The van der Waals surface area contributed by atoms with E-state index in [1.165, 1.54) is 0 Å². The van der Waals surface area contributed by atoms with Gasteiger partial charge < -0.3 is 16.4 Å². The zero-order valence-electron chi connectivity index (χ0n) is 17.8. The summed E-state index contributed by atoms with van der Waals surface area (Å²) in [7, 11) is 0. The SMILES string of the molecule is NC[C@H]1CC[C@H](C(=O)N[C@@H](Cc2ccccc2)C2=NN(C3=CC(=O)C=CC3)CN2)CC1. The van der Waals surface area contributed by atoms with E-state index in [-0.39, 0.29) is 23.7 Å². The van der Waals surface area contributed by atoms with Crippen LogP contribution in [0.3, 0.4) is 0 Å². The zero-order valence-corrected chi connectivity index (χ0v) is 17.8. The third-order valence-electron chi connectivity index (χ3n) is 6.37. The molecule has 1 fully saturated rings. The predicted octanol–water partition coefficient (Wildman–Crippen LogP) is 2.07. The Morgan fingerprint density at radius 1 is 1.23 bits per heavy atom. The first-order valence-corrected chi connectivity index (χ1v) is 11.2. The number of nitrogens with two attached hydrogens (primary N) is 1. The number of hydrazone groups is 1. The summed E-state index contributed by atoms with van der Waals surface area (Å²) >= 11 is 0. The first kappa shape index (κ1) is 21.3. The molecule has 7 nitrogen and oxygen atoms in total. The molecule has 164 valence electrons. The maximum Gasteiger partial charge on any atom is 0.223 e. The van der Waals surface area contributed by atoms with Crippen molar-refractivity contribution in [2.75, 3.05) is 13.2 Å². The van der Waals surface area contributed by atoms with Crippen LogP contribution in [-0.2, 0) is 16.0 Å². The minimum atomic E-state index is -0.248. The van der Waals surface area contributed by atoms with Crippen molar-refractivity contribution in [3.8, 4) is 0 Å². The first-order valence-electron chi connectivity index (χ1n) is 11.2. The highest BCUT2D eigenvalue weighted by atomic mass is 16.2. The van der Waals surface area contributed by atoms with Crippen molar-refractivity contribution >= 4 is 17.5 Å². The summed E-state index contributed by atoms with van der Waals surface area (Å²) in [5, 5.41) is 13.1. The van der Waals surface area contributed by atoms with Crippen molar-refractivity contribution in [1.82, 2.24) is 15.6 Å². The van der Waals surface area contributed by atoms with Crippen LogP contribution in [0.1, 0.15) is 37.7 Å². The van der Waals surface area contributed by atoms with E-state index >= 15 is 0 Å². The topological polar surface area (TPSA) is 99.8 Å². The number of amidine groups is 1. The van der Waals surface area contributed by atoms with Gasteiger partial charge in [0.1, 0.15) is 12.5 Å². The second-order valence-electron chi connectivity index (χ2n) is 8.57. The highest BCUT2D eigenvalue weighted by Gasteiger charge is 2.30. The molecule has 1 aromatic carbocycles. The molecule has 0 aromatic heterocycles. The van der Waals surface area contributed by atoms with Gasteiger partial charge in [-0.25, -0.2) is 5.01 Å². The van der Waals surface area contributed by atoms with Gasteiger partial charge in [0.05, 0.1) is 6.04 Å². The van der Waals surface area contributed by atoms with Gasteiger partial charge in [0.15, 0.2) is 5.78 Å². The summed E-state index contributed by atoms with van der Waals surface area (Å²) in [5.41, 5.74) is 7.80.